The third-order valence-corrected chi connectivity index (χ3v) is 11.7. The third kappa shape index (κ3) is 5.21. The van der Waals surface area contributed by atoms with Crippen LogP contribution in [0.3, 0.4) is 0 Å². The summed E-state index contributed by atoms with van der Waals surface area (Å²) in [6.07, 6.45) is 6.64. The van der Waals surface area contributed by atoms with Crippen LogP contribution in [-0.4, -0.2) is 19.5 Å². The van der Waals surface area contributed by atoms with Crippen LogP contribution in [0, 0.1) is 0 Å². The van der Waals surface area contributed by atoms with Crippen LogP contribution in [0.25, 0.3) is 111 Å². The maximum atomic E-state index is 6.75. The van der Waals surface area contributed by atoms with Gasteiger partial charge in [0.05, 0.1) is 5.52 Å². The highest BCUT2D eigenvalue weighted by atomic mass is 16.3. The van der Waals surface area contributed by atoms with E-state index in [4.69, 9.17) is 19.4 Å². The molecule has 0 aliphatic heterocycles. The summed E-state index contributed by atoms with van der Waals surface area (Å²) in [6, 6.07) is 59.7. The molecule has 5 heteroatoms. The molecule has 3 aromatic heterocycles. The summed E-state index contributed by atoms with van der Waals surface area (Å²) in [7, 11) is 0. The molecule has 1 aliphatic carbocycles. The zero-order chi connectivity index (χ0) is 38.2. The minimum Gasteiger partial charge on any atom is -0.456 e. The van der Waals surface area contributed by atoms with Crippen LogP contribution in [0.5, 0.6) is 0 Å². The molecule has 0 spiro atoms. The largest absolute Gasteiger partial charge is 0.456 e. The van der Waals surface area contributed by atoms with Crippen LogP contribution in [0.2, 0.25) is 0 Å². The van der Waals surface area contributed by atoms with Gasteiger partial charge in [-0.3, -0.25) is 0 Å². The number of aryl methyl sites for hydroxylation is 1. The number of allylic oxidation sites excluding steroid dienone is 1. The van der Waals surface area contributed by atoms with Crippen molar-refractivity contribution >= 4 is 60.5 Å². The molecule has 12 rings (SSSR count). The van der Waals surface area contributed by atoms with Crippen molar-refractivity contribution in [3.05, 3.63) is 187 Å². The van der Waals surface area contributed by atoms with Crippen LogP contribution >= 0.6 is 0 Å². The number of benzene rings is 8. The van der Waals surface area contributed by atoms with E-state index in [1.807, 2.05) is 30.3 Å². The topological polar surface area (TPSA) is 56.7 Å². The standard InChI is InChI=1S/C53H34N4O/c1-3-14-34(15-4-1)45-32-47-50(43-20-10-9-19-40(43)45)44-21-11-12-22-46(44)57(47)39-26-28-42-41-27-25-38(30-48(41)58-49(42)31-39)53-55-51(35-16-5-2-6-17-35)54-52(56-53)37-24-23-33-13-7-8-18-36(33)29-37/h1-10,12-20,22-32H,11,21H2. The molecule has 0 unspecified atom stereocenters. The zero-order valence-corrected chi connectivity index (χ0v) is 31.4. The van der Waals surface area contributed by atoms with Gasteiger partial charge in [-0.1, -0.05) is 133 Å². The highest BCUT2D eigenvalue weighted by Gasteiger charge is 2.23. The minimum atomic E-state index is 0.596. The Kier molecular flexibility index (Phi) is 7.29. The molecule has 0 saturated carbocycles. The summed E-state index contributed by atoms with van der Waals surface area (Å²) in [4.78, 5) is 15.1. The molecule has 0 amide bonds. The Labute approximate surface area is 334 Å². The summed E-state index contributed by atoms with van der Waals surface area (Å²) >= 11 is 0. The molecule has 5 nitrogen and oxygen atoms in total. The molecule has 58 heavy (non-hydrogen) atoms. The number of rotatable bonds is 5. The zero-order valence-electron chi connectivity index (χ0n) is 31.4. The Morgan fingerprint density at radius 3 is 1.88 bits per heavy atom. The second kappa shape index (κ2) is 13.0. The van der Waals surface area contributed by atoms with Gasteiger partial charge in [0, 0.05) is 50.3 Å². The lowest BCUT2D eigenvalue weighted by Crippen LogP contribution is -2.00. The first-order chi connectivity index (χ1) is 28.7. The molecule has 272 valence electrons. The smallest absolute Gasteiger partial charge is 0.164 e. The number of hydrogen-bond donors (Lipinski definition) is 0. The summed E-state index contributed by atoms with van der Waals surface area (Å²) in [5.74, 6) is 1.85. The van der Waals surface area contributed by atoms with E-state index in [1.54, 1.807) is 0 Å². The predicted octanol–water partition coefficient (Wildman–Crippen LogP) is 13.6. The second-order valence-electron chi connectivity index (χ2n) is 15.1. The SMILES string of the molecule is C1=Cc2c(c3c4ccccc4c(-c4ccccc4)cc3n2-c2ccc3c(c2)oc2cc(-c4nc(-c5ccccc5)nc(-c5ccc6ccccc6c5)n4)ccc23)CC1. The third-order valence-electron chi connectivity index (χ3n) is 11.7. The number of aromatic nitrogens is 4. The van der Waals surface area contributed by atoms with Gasteiger partial charge >= 0.3 is 0 Å². The molecule has 1 aliphatic rings. The molecule has 0 N–H and O–H groups in total. The van der Waals surface area contributed by atoms with E-state index in [9.17, 15) is 0 Å². The molecule has 0 bridgehead atoms. The lowest BCUT2D eigenvalue weighted by Gasteiger charge is -2.13. The lowest BCUT2D eigenvalue weighted by molar-refractivity contribution is 0.668. The maximum Gasteiger partial charge on any atom is 0.164 e. The fraction of sp³-hybridized carbons (Fsp3) is 0.0377. The lowest BCUT2D eigenvalue weighted by atomic mass is 9.92. The number of fused-ring (bicyclic) bond motifs is 9. The van der Waals surface area contributed by atoms with Gasteiger partial charge in [0.25, 0.3) is 0 Å². The van der Waals surface area contributed by atoms with Crippen molar-refractivity contribution in [2.45, 2.75) is 12.8 Å². The van der Waals surface area contributed by atoms with E-state index < -0.39 is 0 Å². The Morgan fingerprint density at radius 2 is 1.09 bits per heavy atom. The first-order valence-electron chi connectivity index (χ1n) is 19.8. The molecule has 0 atom stereocenters. The normalized spacial score (nSPS) is 12.6. The number of nitrogens with zero attached hydrogens (tertiary/aromatic N) is 4. The summed E-state index contributed by atoms with van der Waals surface area (Å²) in [5, 5.41) is 8.33. The second-order valence-corrected chi connectivity index (χ2v) is 15.1. The van der Waals surface area contributed by atoms with Crippen molar-refractivity contribution < 1.29 is 4.42 Å². The van der Waals surface area contributed by atoms with Gasteiger partial charge in [-0.15, -0.1) is 0 Å². The fourth-order valence-electron chi connectivity index (χ4n) is 8.96. The highest BCUT2D eigenvalue weighted by Crippen LogP contribution is 2.43. The van der Waals surface area contributed by atoms with E-state index in [-0.39, 0.29) is 0 Å². The monoisotopic (exact) mass is 742 g/mol. The van der Waals surface area contributed by atoms with Crippen molar-refractivity contribution in [1.82, 2.24) is 19.5 Å². The molecule has 11 aromatic rings. The van der Waals surface area contributed by atoms with Gasteiger partial charge < -0.3 is 8.98 Å². The Hall–Kier alpha value is -7.63. The number of hydrogen-bond acceptors (Lipinski definition) is 4. The van der Waals surface area contributed by atoms with Crippen molar-refractivity contribution in [2.24, 2.45) is 0 Å². The summed E-state index contributed by atoms with van der Waals surface area (Å²) in [6.45, 7) is 0. The first-order valence-corrected chi connectivity index (χ1v) is 19.8. The molecule has 0 radical (unpaired) electrons. The molecular weight excluding hydrogens is 709 g/mol. The summed E-state index contributed by atoms with van der Waals surface area (Å²) in [5.41, 5.74) is 11.7. The molecule has 0 fully saturated rings. The van der Waals surface area contributed by atoms with Crippen LogP contribution in [0.15, 0.2) is 180 Å². The van der Waals surface area contributed by atoms with Crippen molar-refractivity contribution in [3.63, 3.8) is 0 Å². The molecule has 0 saturated heterocycles. The summed E-state index contributed by atoms with van der Waals surface area (Å²) < 4.78 is 9.18. The first kappa shape index (κ1) is 32.6. The van der Waals surface area contributed by atoms with Gasteiger partial charge in [0.1, 0.15) is 11.2 Å². The van der Waals surface area contributed by atoms with E-state index in [0.29, 0.717) is 17.5 Å². The predicted molar refractivity (Wildman–Crippen MR) is 238 cm³/mol. The van der Waals surface area contributed by atoms with Crippen LogP contribution < -0.4 is 0 Å². The van der Waals surface area contributed by atoms with E-state index in [0.717, 1.165) is 62.5 Å². The average Bonchev–Trinajstić information content (AvgIpc) is 3.84. The quantitative estimate of drug-likeness (QED) is 0.176. The van der Waals surface area contributed by atoms with Crippen molar-refractivity contribution in [1.29, 1.82) is 0 Å². The van der Waals surface area contributed by atoms with Gasteiger partial charge in [-0.2, -0.15) is 0 Å². The van der Waals surface area contributed by atoms with E-state index in [2.05, 4.69) is 156 Å². The van der Waals surface area contributed by atoms with Gasteiger partial charge in [-0.05, 0) is 93.6 Å². The minimum absolute atomic E-state index is 0.596. The van der Waals surface area contributed by atoms with Crippen molar-refractivity contribution in [2.75, 3.05) is 0 Å². The van der Waals surface area contributed by atoms with E-state index >= 15 is 0 Å². The highest BCUT2D eigenvalue weighted by molar-refractivity contribution is 6.16. The van der Waals surface area contributed by atoms with E-state index in [1.165, 1.54) is 49.4 Å². The Balaban J connectivity index is 1.01. The number of furan rings is 1. The fourth-order valence-corrected chi connectivity index (χ4v) is 8.96. The van der Waals surface area contributed by atoms with Crippen LogP contribution in [0.4, 0.5) is 0 Å². The average molecular weight is 743 g/mol. The molecule has 8 aromatic carbocycles. The van der Waals surface area contributed by atoms with Gasteiger partial charge in [0.15, 0.2) is 17.5 Å². The molecule has 3 heterocycles. The maximum absolute atomic E-state index is 6.75. The van der Waals surface area contributed by atoms with Crippen LogP contribution in [-0.2, 0) is 6.42 Å². The molecular formula is C53H34N4O. The van der Waals surface area contributed by atoms with Crippen molar-refractivity contribution in [3.8, 4) is 51.0 Å². The van der Waals surface area contributed by atoms with Gasteiger partial charge in [0.2, 0.25) is 0 Å². The van der Waals surface area contributed by atoms with Gasteiger partial charge in [-0.25, -0.2) is 15.0 Å². The Morgan fingerprint density at radius 1 is 0.466 bits per heavy atom. The van der Waals surface area contributed by atoms with Crippen LogP contribution in [0.1, 0.15) is 17.7 Å². The Bertz CT molecular complexity index is 3450.